The minimum atomic E-state index is -0.0770. The van der Waals surface area contributed by atoms with E-state index in [1.807, 2.05) is 26.0 Å². The van der Waals surface area contributed by atoms with E-state index < -0.39 is 0 Å². The molecule has 1 aromatic heterocycles. The van der Waals surface area contributed by atoms with Crippen LogP contribution in [0.4, 0.5) is 5.00 Å². The number of para-hydroxylation sites is 1. The van der Waals surface area contributed by atoms with Gasteiger partial charge in [0.05, 0.1) is 23.2 Å². The van der Waals surface area contributed by atoms with Gasteiger partial charge in [-0.2, -0.15) is 0 Å². The molecule has 0 saturated heterocycles. The molecule has 0 amide bonds. The number of rotatable bonds is 3. The molecule has 18 heavy (non-hydrogen) atoms. The summed E-state index contributed by atoms with van der Waals surface area (Å²) < 4.78 is 5.22. The number of nitrogen functional groups attached to an aromatic ring is 1. The van der Waals surface area contributed by atoms with Crippen molar-refractivity contribution in [2.24, 2.45) is 0 Å². The predicted octanol–water partition coefficient (Wildman–Crippen LogP) is 3.19. The number of methoxy groups -OCH3 is 1. The van der Waals surface area contributed by atoms with Gasteiger partial charge in [-0.3, -0.25) is 4.79 Å². The minimum absolute atomic E-state index is 0.0770. The van der Waals surface area contributed by atoms with Gasteiger partial charge in [0.15, 0.2) is 5.78 Å². The monoisotopic (exact) mass is 261 g/mol. The molecule has 0 aliphatic heterocycles. The Hall–Kier alpha value is -1.81. The number of carbonyl (C=O) groups is 1. The first-order valence-corrected chi connectivity index (χ1v) is 6.41. The van der Waals surface area contributed by atoms with Crippen molar-refractivity contribution in [1.29, 1.82) is 0 Å². The smallest absolute Gasteiger partial charge is 0.199 e. The fourth-order valence-electron chi connectivity index (χ4n) is 1.90. The van der Waals surface area contributed by atoms with Gasteiger partial charge in [-0.05, 0) is 31.5 Å². The molecule has 2 rings (SSSR count). The lowest BCUT2D eigenvalue weighted by Gasteiger charge is -2.07. The Bertz CT molecular complexity index is 602. The number of thiophene rings is 1. The van der Waals surface area contributed by atoms with Crippen molar-refractivity contribution >= 4 is 22.1 Å². The van der Waals surface area contributed by atoms with Gasteiger partial charge in [-0.15, -0.1) is 11.3 Å². The van der Waals surface area contributed by atoms with Crippen LogP contribution in [0.2, 0.25) is 0 Å². The number of ether oxygens (including phenoxy) is 1. The summed E-state index contributed by atoms with van der Waals surface area (Å²) in [6.07, 6.45) is 0. The molecule has 0 radical (unpaired) electrons. The Balaban J connectivity index is 2.55. The van der Waals surface area contributed by atoms with Crippen LogP contribution < -0.4 is 10.5 Å². The molecule has 1 aromatic carbocycles. The average molecular weight is 261 g/mol. The number of anilines is 1. The van der Waals surface area contributed by atoms with Gasteiger partial charge in [0.2, 0.25) is 0 Å². The van der Waals surface area contributed by atoms with Crippen molar-refractivity contribution < 1.29 is 9.53 Å². The van der Waals surface area contributed by atoms with E-state index in [-0.39, 0.29) is 5.78 Å². The molecule has 0 fully saturated rings. The molecule has 1 heterocycles. The van der Waals surface area contributed by atoms with E-state index in [0.717, 1.165) is 10.4 Å². The van der Waals surface area contributed by atoms with Crippen LogP contribution in [0.25, 0.3) is 0 Å². The predicted molar refractivity (Wildman–Crippen MR) is 74.6 cm³/mol. The summed E-state index contributed by atoms with van der Waals surface area (Å²) in [7, 11) is 1.56. The van der Waals surface area contributed by atoms with Crippen LogP contribution in [0.3, 0.4) is 0 Å². The fraction of sp³-hybridized carbons (Fsp3) is 0.214. The molecule has 0 atom stereocenters. The summed E-state index contributed by atoms with van der Waals surface area (Å²) in [5.74, 6) is 0.497. The molecular weight excluding hydrogens is 246 g/mol. The van der Waals surface area contributed by atoms with Crippen LogP contribution in [0, 0.1) is 13.8 Å². The van der Waals surface area contributed by atoms with Crippen molar-refractivity contribution in [3.63, 3.8) is 0 Å². The van der Waals surface area contributed by atoms with Crippen molar-refractivity contribution in [3.05, 3.63) is 45.8 Å². The Labute approximate surface area is 110 Å². The van der Waals surface area contributed by atoms with Crippen molar-refractivity contribution in [2.45, 2.75) is 13.8 Å². The Morgan fingerprint density at radius 1 is 1.28 bits per heavy atom. The quantitative estimate of drug-likeness (QED) is 0.863. The first-order chi connectivity index (χ1) is 8.56. The van der Waals surface area contributed by atoms with Gasteiger partial charge in [0.1, 0.15) is 5.75 Å². The maximum Gasteiger partial charge on any atom is 0.199 e. The lowest BCUT2D eigenvalue weighted by Crippen LogP contribution is -2.06. The summed E-state index contributed by atoms with van der Waals surface area (Å²) in [5, 5.41) is 0.570. The molecule has 2 N–H and O–H groups in total. The molecule has 0 aliphatic rings. The van der Waals surface area contributed by atoms with E-state index >= 15 is 0 Å². The van der Waals surface area contributed by atoms with E-state index in [0.29, 0.717) is 21.9 Å². The topological polar surface area (TPSA) is 52.3 Å². The molecule has 3 nitrogen and oxygen atoms in total. The normalized spacial score (nSPS) is 10.4. The summed E-state index contributed by atoms with van der Waals surface area (Å²) in [6.45, 7) is 3.89. The van der Waals surface area contributed by atoms with Crippen LogP contribution in [0.15, 0.2) is 24.3 Å². The maximum atomic E-state index is 12.5. The Kier molecular flexibility index (Phi) is 3.39. The lowest BCUT2D eigenvalue weighted by atomic mass is 10.0. The zero-order valence-corrected chi connectivity index (χ0v) is 11.4. The first-order valence-electron chi connectivity index (χ1n) is 5.59. The van der Waals surface area contributed by atoms with E-state index in [9.17, 15) is 4.79 Å². The van der Waals surface area contributed by atoms with Gasteiger partial charge >= 0.3 is 0 Å². The Morgan fingerprint density at radius 3 is 2.50 bits per heavy atom. The molecule has 0 aliphatic carbocycles. The van der Waals surface area contributed by atoms with E-state index in [1.54, 1.807) is 19.2 Å². The molecule has 0 bridgehead atoms. The first kappa shape index (κ1) is 12.6. The van der Waals surface area contributed by atoms with Crippen molar-refractivity contribution in [1.82, 2.24) is 0 Å². The second-order valence-corrected chi connectivity index (χ2v) is 5.31. The summed E-state index contributed by atoms with van der Waals surface area (Å²) in [5.41, 5.74) is 8.03. The fourth-order valence-corrected chi connectivity index (χ4v) is 2.84. The second-order valence-electron chi connectivity index (χ2n) is 4.05. The van der Waals surface area contributed by atoms with Gasteiger partial charge in [-0.25, -0.2) is 0 Å². The molecule has 94 valence electrons. The average Bonchev–Trinajstić information content (AvgIpc) is 2.62. The highest BCUT2D eigenvalue weighted by Crippen LogP contribution is 2.33. The number of nitrogens with two attached hydrogens (primary N) is 1. The number of carbonyl (C=O) groups excluding carboxylic acids is 1. The molecule has 0 unspecified atom stereocenters. The summed E-state index contributed by atoms with van der Waals surface area (Å²) in [6, 6.07) is 7.19. The molecule has 2 aromatic rings. The highest BCUT2D eigenvalue weighted by molar-refractivity contribution is 7.16. The maximum absolute atomic E-state index is 12.5. The molecular formula is C14H15NO2S. The highest BCUT2D eigenvalue weighted by atomic mass is 32.1. The standard InChI is InChI=1S/C14H15NO2S/c1-8-9(2)18-14(15)12(8)13(16)10-6-4-5-7-11(10)17-3/h4-7H,15H2,1-3H3. The second kappa shape index (κ2) is 4.82. The van der Waals surface area contributed by atoms with Crippen LogP contribution in [-0.4, -0.2) is 12.9 Å². The number of benzene rings is 1. The minimum Gasteiger partial charge on any atom is -0.496 e. The van der Waals surface area contributed by atoms with Gasteiger partial charge < -0.3 is 10.5 Å². The SMILES string of the molecule is COc1ccccc1C(=O)c1c(N)sc(C)c1C. The van der Waals surface area contributed by atoms with Gasteiger partial charge in [0, 0.05) is 4.88 Å². The number of ketones is 1. The van der Waals surface area contributed by atoms with Gasteiger partial charge in [0.25, 0.3) is 0 Å². The van der Waals surface area contributed by atoms with Crippen LogP contribution in [0.1, 0.15) is 26.4 Å². The van der Waals surface area contributed by atoms with Crippen LogP contribution in [-0.2, 0) is 0 Å². The third-order valence-electron chi connectivity index (χ3n) is 2.99. The number of aryl methyl sites for hydroxylation is 1. The third-order valence-corrected chi connectivity index (χ3v) is 4.03. The highest BCUT2D eigenvalue weighted by Gasteiger charge is 2.21. The summed E-state index contributed by atoms with van der Waals surface area (Å²) in [4.78, 5) is 13.6. The lowest BCUT2D eigenvalue weighted by molar-refractivity contribution is 0.103. The molecule has 4 heteroatoms. The zero-order valence-electron chi connectivity index (χ0n) is 10.6. The van der Waals surface area contributed by atoms with Gasteiger partial charge in [-0.1, -0.05) is 12.1 Å². The molecule has 0 saturated carbocycles. The van der Waals surface area contributed by atoms with Crippen molar-refractivity contribution in [3.8, 4) is 5.75 Å². The number of hydrogen-bond acceptors (Lipinski definition) is 4. The van der Waals surface area contributed by atoms with Crippen LogP contribution >= 0.6 is 11.3 Å². The van der Waals surface area contributed by atoms with Crippen LogP contribution in [0.5, 0.6) is 5.75 Å². The third kappa shape index (κ3) is 1.99. The Morgan fingerprint density at radius 2 is 1.94 bits per heavy atom. The summed E-state index contributed by atoms with van der Waals surface area (Å²) >= 11 is 1.45. The zero-order chi connectivity index (χ0) is 13.3. The molecule has 0 spiro atoms. The van der Waals surface area contributed by atoms with E-state index in [2.05, 4.69) is 0 Å². The van der Waals surface area contributed by atoms with Crippen molar-refractivity contribution in [2.75, 3.05) is 12.8 Å². The number of hydrogen-bond donors (Lipinski definition) is 1. The van der Waals surface area contributed by atoms with E-state index in [1.165, 1.54) is 11.3 Å². The largest absolute Gasteiger partial charge is 0.496 e. The van der Waals surface area contributed by atoms with E-state index in [4.69, 9.17) is 10.5 Å².